The third-order valence-electron chi connectivity index (χ3n) is 4.83. The van der Waals surface area contributed by atoms with Gasteiger partial charge in [0.05, 0.1) is 12.2 Å². The number of halogens is 8. The zero-order valence-electron chi connectivity index (χ0n) is 15.9. The zero-order valence-corrected chi connectivity index (χ0v) is 15.9. The Kier molecular flexibility index (Phi) is 6.38. The topological polar surface area (TPSA) is 0 Å². The first-order valence-corrected chi connectivity index (χ1v) is 9.24. The van der Waals surface area contributed by atoms with Gasteiger partial charge in [0.2, 0.25) is 0 Å². The second kappa shape index (κ2) is 8.69. The van der Waals surface area contributed by atoms with Crippen molar-refractivity contribution in [2.75, 3.05) is 6.67 Å². The number of benzene rings is 3. The summed E-state index contributed by atoms with van der Waals surface area (Å²) in [6, 6.07) is 12.6. The molecule has 0 saturated heterocycles. The summed E-state index contributed by atoms with van der Waals surface area (Å²) >= 11 is 0. The van der Waals surface area contributed by atoms with E-state index in [0.717, 1.165) is 17.7 Å². The molecule has 0 unspecified atom stereocenters. The molecule has 0 nitrogen and oxygen atoms in total. The highest BCUT2D eigenvalue weighted by Gasteiger charge is 2.59. The predicted octanol–water partition coefficient (Wildman–Crippen LogP) is 7.86. The average molecular weight is 444 g/mol. The van der Waals surface area contributed by atoms with Gasteiger partial charge in [0.1, 0.15) is 11.6 Å². The van der Waals surface area contributed by atoms with Gasteiger partial charge < -0.3 is 0 Å². The Hall–Kier alpha value is -2.90. The van der Waals surface area contributed by atoms with Gasteiger partial charge in [0.15, 0.2) is 0 Å². The maximum absolute atomic E-state index is 14.6. The van der Waals surface area contributed by atoms with E-state index in [0.29, 0.717) is 36.1 Å². The minimum absolute atomic E-state index is 0.149. The number of aryl methyl sites for hydroxylation is 1. The van der Waals surface area contributed by atoms with E-state index in [9.17, 15) is 35.1 Å². The second-order valence-electron chi connectivity index (χ2n) is 6.95. The Morgan fingerprint density at radius 3 is 1.77 bits per heavy atom. The Bertz CT molecular complexity index is 1050. The normalized spacial score (nSPS) is 12.3. The molecule has 0 spiro atoms. The van der Waals surface area contributed by atoms with Crippen molar-refractivity contribution in [3.63, 3.8) is 0 Å². The first kappa shape index (κ1) is 22.8. The standard InChI is InChI=1S/C23H16F8/c24-11-1-2-14-3-5-15(6-4-14)16-7-9-18(20(25)12-16)17-8-10-19(21(26)13-17)22(27,28)23(29,30)31/h3-10,12-13H,1-2,11H2. The molecule has 0 saturated carbocycles. The van der Waals surface area contributed by atoms with Crippen LogP contribution in [0, 0.1) is 11.6 Å². The third-order valence-corrected chi connectivity index (χ3v) is 4.83. The minimum Gasteiger partial charge on any atom is -0.251 e. The van der Waals surface area contributed by atoms with Crippen LogP contribution in [0.25, 0.3) is 22.3 Å². The van der Waals surface area contributed by atoms with Gasteiger partial charge in [-0.1, -0.05) is 42.5 Å². The summed E-state index contributed by atoms with van der Waals surface area (Å²) in [5.41, 5.74) is -0.0768. The molecule has 3 aromatic carbocycles. The molecule has 31 heavy (non-hydrogen) atoms. The number of hydrogen-bond acceptors (Lipinski definition) is 0. The maximum atomic E-state index is 14.6. The Labute approximate surface area is 173 Å². The highest BCUT2D eigenvalue weighted by molar-refractivity contribution is 5.71. The van der Waals surface area contributed by atoms with Crippen molar-refractivity contribution in [1.82, 2.24) is 0 Å². The summed E-state index contributed by atoms with van der Waals surface area (Å²) in [6.45, 7) is -0.427. The lowest BCUT2D eigenvalue weighted by Crippen LogP contribution is -2.34. The van der Waals surface area contributed by atoms with Crippen molar-refractivity contribution in [3.8, 4) is 22.3 Å². The molecule has 0 aliphatic rings. The van der Waals surface area contributed by atoms with Crippen molar-refractivity contribution in [2.45, 2.75) is 24.9 Å². The molecule has 3 aromatic rings. The van der Waals surface area contributed by atoms with Gasteiger partial charge in [-0.2, -0.15) is 22.0 Å². The van der Waals surface area contributed by atoms with Crippen LogP contribution in [0.4, 0.5) is 35.1 Å². The molecule has 0 bridgehead atoms. The van der Waals surface area contributed by atoms with Crippen LogP contribution in [-0.2, 0) is 12.3 Å². The van der Waals surface area contributed by atoms with Gasteiger partial charge in [-0.05, 0) is 53.3 Å². The quantitative estimate of drug-likeness (QED) is 0.340. The van der Waals surface area contributed by atoms with Crippen LogP contribution >= 0.6 is 0 Å². The van der Waals surface area contributed by atoms with E-state index in [4.69, 9.17) is 0 Å². The summed E-state index contributed by atoms with van der Waals surface area (Å²) in [5.74, 6) is -7.95. The van der Waals surface area contributed by atoms with Gasteiger partial charge in [-0.15, -0.1) is 0 Å². The van der Waals surface area contributed by atoms with Gasteiger partial charge in [-0.3, -0.25) is 4.39 Å². The van der Waals surface area contributed by atoms with E-state index in [1.165, 1.54) is 12.1 Å². The first-order chi connectivity index (χ1) is 14.5. The molecule has 0 aromatic heterocycles. The van der Waals surface area contributed by atoms with E-state index >= 15 is 0 Å². The summed E-state index contributed by atoms with van der Waals surface area (Å²) in [6.07, 6.45) is -4.99. The summed E-state index contributed by atoms with van der Waals surface area (Å²) in [7, 11) is 0. The smallest absolute Gasteiger partial charge is 0.251 e. The molecule has 3 rings (SSSR count). The van der Waals surface area contributed by atoms with Crippen molar-refractivity contribution >= 4 is 0 Å². The fourth-order valence-electron chi connectivity index (χ4n) is 3.15. The van der Waals surface area contributed by atoms with Crippen LogP contribution < -0.4 is 0 Å². The van der Waals surface area contributed by atoms with Gasteiger partial charge >= 0.3 is 12.1 Å². The van der Waals surface area contributed by atoms with Crippen molar-refractivity contribution in [2.24, 2.45) is 0 Å². The van der Waals surface area contributed by atoms with E-state index in [-0.39, 0.29) is 11.1 Å². The predicted molar refractivity (Wildman–Crippen MR) is 101 cm³/mol. The third kappa shape index (κ3) is 4.73. The van der Waals surface area contributed by atoms with E-state index < -0.39 is 36.0 Å². The van der Waals surface area contributed by atoms with Crippen LogP contribution in [-0.4, -0.2) is 12.9 Å². The molecule has 8 heteroatoms. The van der Waals surface area contributed by atoms with E-state index in [2.05, 4.69) is 0 Å². The fourth-order valence-corrected chi connectivity index (χ4v) is 3.15. The SMILES string of the molecule is FCCCc1ccc(-c2ccc(-c3ccc(C(F)(F)C(F)(F)F)c(F)c3)c(F)c2)cc1. The molecule has 0 atom stereocenters. The Balaban J connectivity index is 1.89. The monoisotopic (exact) mass is 444 g/mol. The van der Waals surface area contributed by atoms with Crippen molar-refractivity contribution in [3.05, 3.63) is 83.4 Å². The number of hydrogen-bond donors (Lipinski definition) is 0. The maximum Gasteiger partial charge on any atom is 0.458 e. The molecule has 164 valence electrons. The van der Waals surface area contributed by atoms with Crippen LogP contribution in [0.1, 0.15) is 17.5 Å². The molecule has 0 aliphatic heterocycles. The first-order valence-electron chi connectivity index (χ1n) is 9.24. The average Bonchev–Trinajstić information content (AvgIpc) is 2.71. The molecule has 0 amide bonds. The fraction of sp³-hybridized carbons (Fsp3) is 0.217. The van der Waals surface area contributed by atoms with E-state index in [1.54, 1.807) is 24.3 Å². The molecule has 0 fully saturated rings. The van der Waals surface area contributed by atoms with Crippen LogP contribution in [0.5, 0.6) is 0 Å². The van der Waals surface area contributed by atoms with Gasteiger partial charge in [0, 0.05) is 5.56 Å². The number of alkyl halides is 6. The zero-order chi connectivity index (χ0) is 22.8. The minimum atomic E-state index is -5.95. The highest BCUT2D eigenvalue weighted by atomic mass is 19.4. The lowest BCUT2D eigenvalue weighted by Gasteiger charge is -2.20. The lowest BCUT2D eigenvalue weighted by atomic mass is 9.97. The summed E-state index contributed by atoms with van der Waals surface area (Å²) in [4.78, 5) is 0. The molecule has 0 radical (unpaired) electrons. The Morgan fingerprint density at radius 2 is 1.23 bits per heavy atom. The molecule has 0 N–H and O–H groups in total. The number of rotatable bonds is 6. The molecular formula is C23H16F8. The molecule has 0 heterocycles. The highest BCUT2D eigenvalue weighted by Crippen LogP contribution is 2.45. The van der Waals surface area contributed by atoms with Gasteiger partial charge in [0.25, 0.3) is 0 Å². The lowest BCUT2D eigenvalue weighted by molar-refractivity contribution is -0.290. The molecule has 0 aliphatic carbocycles. The molecular weight excluding hydrogens is 428 g/mol. The summed E-state index contributed by atoms with van der Waals surface area (Å²) in [5, 5.41) is 0. The Morgan fingerprint density at radius 1 is 0.645 bits per heavy atom. The summed E-state index contributed by atoms with van der Waals surface area (Å²) < 4.78 is 105. The largest absolute Gasteiger partial charge is 0.458 e. The van der Waals surface area contributed by atoms with Crippen molar-refractivity contribution < 1.29 is 35.1 Å². The van der Waals surface area contributed by atoms with Gasteiger partial charge in [-0.25, -0.2) is 8.78 Å². The van der Waals surface area contributed by atoms with Crippen LogP contribution in [0.2, 0.25) is 0 Å². The van der Waals surface area contributed by atoms with Crippen molar-refractivity contribution in [1.29, 1.82) is 0 Å². The van der Waals surface area contributed by atoms with Crippen LogP contribution in [0.15, 0.2) is 60.7 Å². The van der Waals surface area contributed by atoms with E-state index in [1.807, 2.05) is 0 Å². The second-order valence-corrected chi connectivity index (χ2v) is 6.95. The van der Waals surface area contributed by atoms with Crippen LogP contribution in [0.3, 0.4) is 0 Å².